The van der Waals surface area contributed by atoms with Crippen LogP contribution in [0.2, 0.25) is 0 Å². The van der Waals surface area contributed by atoms with Crippen LogP contribution in [0.5, 0.6) is 0 Å². The van der Waals surface area contributed by atoms with E-state index in [4.69, 9.17) is 0 Å². The van der Waals surface area contributed by atoms with Crippen molar-refractivity contribution in [2.45, 2.75) is 0 Å². The molecule has 0 spiro atoms. The van der Waals surface area contributed by atoms with Crippen molar-refractivity contribution in [2.24, 2.45) is 0 Å². The molecular weight excluding hydrogens is 210 g/mol. The maximum absolute atomic E-state index is 10.8. The molecule has 5 heteroatoms. The predicted octanol–water partition coefficient (Wildman–Crippen LogP) is 0.785. The second-order valence-electron chi connectivity index (χ2n) is 2.11. The zero-order valence-electron chi connectivity index (χ0n) is 5.41. The maximum atomic E-state index is 10.8. The molecule has 0 bridgehead atoms. The number of aromatic amines is 1. The Hall–Kier alpha value is -1.10. The summed E-state index contributed by atoms with van der Waals surface area (Å²) in [7, 11) is 0. The van der Waals surface area contributed by atoms with Gasteiger partial charge in [0.2, 0.25) is 0 Å². The summed E-state index contributed by atoms with van der Waals surface area (Å²) < 4.78 is 2.27. The van der Waals surface area contributed by atoms with Crippen LogP contribution in [-0.4, -0.2) is 14.6 Å². The minimum absolute atomic E-state index is 0.0380. The average molecular weight is 214 g/mol. The number of hydrogen-bond acceptors (Lipinski definition) is 2. The summed E-state index contributed by atoms with van der Waals surface area (Å²) in [6, 6.07) is 2.93. The lowest BCUT2D eigenvalue weighted by Gasteiger charge is -1.86. The van der Waals surface area contributed by atoms with E-state index in [2.05, 4.69) is 26.0 Å². The molecule has 2 aromatic rings. The number of nitrogens with one attached hydrogen (secondary N) is 1. The SMILES string of the molecule is O=c1ccn2[nH]c(Br)nc2c1. The van der Waals surface area contributed by atoms with E-state index < -0.39 is 0 Å². The van der Waals surface area contributed by atoms with Crippen molar-refractivity contribution in [3.05, 3.63) is 33.3 Å². The zero-order valence-corrected chi connectivity index (χ0v) is 7.00. The molecule has 2 heterocycles. The topological polar surface area (TPSA) is 50.2 Å². The first-order chi connectivity index (χ1) is 5.25. The maximum Gasteiger partial charge on any atom is 0.191 e. The highest BCUT2D eigenvalue weighted by molar-refractivity contribution is 9.10. The normalized spacial score (nSPS) is 10.6. The van der Waals surface area contributed by atoms with Crippen LogP contribution in [0.3, 0.4) is 0 Å². The first-order valence-electron chi connectivity index (χ1n) is 3.00. The Morgan fingerprint density at radius 2 is 2.45 bits per heavy atom. The van der Waals surface area contributed by atoms with Crippen LogP contribution in [0.25, 0.3) is 5.65 Å². The highest BCUT2D eigenvalue weighted by Crippen LogP contribution is 2.02. The second-order valence-corrected chi connectivity index (χ2v) is 2.86. The lowest BCUT2D eigenvalue weighted by atomic mass is 10.5. The standard InChI is InChI=1S/C6H4BrN3O/c7-6-8-5-3-4(11)1-2-10(5)9-6/h1-3H,(H,8,9). The van der Waals surface area contributed by atoms with Crippen LogP contribution >= 0.6 is 15.9 Å². The van der Waals surface area contributed by atoms with Crippen LogP contribution in [-0.2, 0) is 0 Å². The predicted molar refractivity (Wildman–Crippen MR) is 43.5 cm³/mol. The molecule has 0 unspecified atom stereocenters. The summed E-state index contributed by atoms with van der Waals surface area (Å²) in [5, 5.41) is 2.87. The summed E-state index contributed by atoms with van der Waals surface area (Å²) in [6.45, 7) is 0. The van der Waals surface area contributed by atoms with Crippen LogP contribution in [0.15, 0.2) is 27.9 Å². The highest BCUT2D eigenvalue weighted by Gasteiger charge is 1.96. The first kappa shape index (κ1) is 6.60. The summed E-state index contributed by atoms with van der Waals surface area (Å²) in [5.41, 5.74) is 0.577. The fourth-order valence-electron chi connectivity index (χ4n) is 0.875. The quantitative estimate of drug-likeness (QED) is 0.704. The third kappa shape index (κ3) is 1.07. The number of halogens is 1. The van der Waals surface area contributed by atoms with Gasteiger partial charge in [0, 0.05) is 18.3 Å². The molecule has 0 saturated heterocycles. The van der Waals surface area contributed by atoms with Gasteiger partial charge >= 0.3 is 0 Å². The lowest BCUT2D eigenvalue weighted by molar-refractivity contribution is 0.943. The van der Waals surface area contributed by atoms with Crippen molar-refractivity contribution in [2.75, 3.05) is 0 Å². The van der Waals surface area contributed by atoms with Gasteiger partial charge in [0.15, 0.2) is 15.8 Å². The number of hydrogen-bond donors (Lipinski definition) is 1. The molecule has 0 aliphatic carbocycles. The van der Waals surface area contributed by atoms with Gasteiger partial charge in [0.1, 0.15) is 0 Å². The van der Waals surface area contributed by atoms with E-state index in [0.29, 0.717) is 10.4 Å². The third-order valence-electron chi connectivity index (χ3n) is 1.33. The molecule has 0 atom stereocenters. The Morgan fingerprint density at radius 3 is 3.27 bits per heavy atom. The summed E-state index contributed by atoms with van der Waals surface area (Å²) in [4.78, 5) is 14.8. The molecule has 1 N–H and O–H groups in total. The van der Waals surface area contributed by atoms with E-state index in [1.807, 2.05) is 0 Å². The van der Waals surface area contributed by atoms with Crippen LogP contribution < -0.4 is 5.43 Å². The van der Waals surface area contributed by atoms with Gasteiger partial charge in [0.05, 0.1) is 0 Å². The number of rotatable bonds is 0. The van der Waals surface area contributed by atoms with Crippen molar-refractivity contribution in [1.29, 1.82) is 0 Å². The average Bonchev–Trinajstić information content (AvgIpc) is 2.27. The van der Waals surface area contributed by atoms with Gasteiger partial charge in [-0.2, -0.15) is 0 Å². The van der Waals surface area contributed by atoms with Crippen molar-refractivity contribution < 1.29 is 0 Å². The van der Waals surface area contributed by atoms with Gasteiger partial charge in [-0.25, -0.2) is 9.50 Å². The van der Waals surface area contributed by atoms with E-state index in [0.717, 1.165) is 0 Å². The van der Waals surface area contributed by atoms with E-state index >= 15 is 0 Å². The molecular formula is C6H4BrN3O. The Morgan fingerprint density at radius 1 is 1.64 bits per heavy atom. The molecule has 4 nitrogen and oxygen atoms in total. The second kappa shape index (κ2) is 2.20. The highest BCUT2D eigenvalue weighted by atomic mass is 79.9. The van der Waals surface area contributed by atoms with Crippen molar-refractivity contribution in [1.82, 2.24) is 14.6 Å². The first-order valence-corrected chi connectivity index (χ1v) is 3.79. The molecule has 0 aliphatic heterocycles. The van der Waals surface area contributed by atoms with Crippen molar-refractivity contribution >= 4 is 21.6 Å². The van der Waals surface area contributed by atoms with Gasteiger partial charge in [0.25, 0.3) is 0 Å². The van der Waals surface area contributed by atoms with Crippen LogP contribution in [0, 0.1) is 0 Å². The third-order valence-corrected chi connectivity index (χ3v) is 1.69. The van der Waals surface area contributed by atoms with Gasteiger partial charge in [-0.05, 0) is 15.9 Å². The molecule has 0 fully saturated rings. The van der Waals surface area contributed by atoms with Gasteiger partial charge in [-0.1, -0.05) is 0 Å². The van der Waals surface area contributed by atoms with E-state index in [1.54, 1.807) is 10.7 Å². The van der Waals surface area contributed by atoms with E-state index in [-0.39, 0.29) is 5.43 Å². The largest absolute Gasteiger partial charge is 0.290 e. The zero-order chi connectivity index (χ0) is 7.84. The van der Waals surface area contributed by atoms with Gasteiger partial charge in [-0.3, -0.25) is 9.89 Å². The molecule has 0 amide bonds. The minimum Gasteiger partial charge on any atom is -0.290 e. The summed E-state index contributed by atoms with van der Waals surface area (Å²) >= 11 is 3.16. The number of pyridine rings is 1. The van der Waals surface area contributed by atoms with E-state index in [9.17, 15) is 4.79 Å². The van der Waals surface area contributed by atoms with E-state index in [1.165, 1.54) is 12.1 Å². The Labute approximate surface area is 70.0 Å². The molecule has 0 radical (unpaired) electrons. The van der Waals surface area contributed by atoms with Crippen LogP contribution in [0.1, 0.15) is 0 Å². The number of nitrogens with zero attached hydrogens (tertiary/aromatic N) is 2. The number of H-pyrrole nitrogens is 1. The molecule has 0 saturated carbocycles. The molecule has 0 aliphatic rings. The van der Waals surface area contributed by atoms with Gasteiger partial charge in [-0.15, -0.1) is 0 Å². The molecule has 11 heavy (non-hydrogen) atoms. The minimum atomic E-state index is -0.0380. The smallest absolute Gasteiger partial charge is 0.191 e. The Balaban J connectivity index is 2.92. The van der Waals surface area contributed by atoms with Crippen molar-refractivity contribution in [3.8, 4) is 0 Å². The summed E-state index contributed by atoms with van der Waals surface area (Å²) in [6.07, 6.45) is 1.63. The monoisotopic (exact) mass is 213 g/mol. The Bertz CT molecular complexity index is 444. The van der Waals surface area contributed by atoms with Crippen molar-refractivity contribution in [3.63, 3.8) is 0 Å². The van der Waals surface area contributed by atoms with Gasteiger partial charge < -0.3 is 0 Å². The molecule has 2 rings (SSSR count). The fourth-order valence-corrected chi connectivity index (χ4v) is 1.25. The molecule has 56 valence electrons. The summed E-state index contributed by atoms with van der Waals surface area (Å²) in [5.74, 6) is 0. The Kier molecular flexibility index (Phi) is 1.32. The molecule has 2 aromatic heterocycles. The number of fused-ring (bicyclic) bond motifs is 1. The fraction of sp³-hybridized carbons (Fsp3) is 0. The molecule has 0 aromatic carbocycles. The van der Waals surface area contributed by atoms with Crippen LogP contribution in [0.4, 0.5) is 0 Å². The lowest BCUT2D eigenvalue weighted by Crippen LogP contribution is -1.98. The number of aromatic nitrogens is 3.